The molecule has 1 amide bonds. The van der Waals surface area contributed by atoms with Crippen LogP contribution in [0.5, 0.6) is 5.75 Å². The van der Waals surface area contributed by atoms with Crippen molar-refractivity contribution in [2.24, 2.45) is 5.73 Å². The van der Waals surface area contributed by atoms with E-state index in [1.807, 2.05) is 12.1 Å². The van der Waals surface area contributed by atoms with Crippen LogP contribution >= 0.6 is 0 Å². The second-order valence-corrected chi connectivity index (χ2v) is 9.11. The topological polar surface area (TPSA) is 69.8 Å². The number of rotatable bonds is 8. The summed E-state index contributed by atoms with van der Waals surface area (Å²) in [7, 11) is 4.14. The number of aromatic hydroxyl groups is 1. The van der Waals surface area contributed by atoms with Crippen LogP contribution in [0.1, 0.15) is 37.0 Å². The monoisotopic (exact) mass is 427 g/mol. The van der Waals surface area contributed by atoms with Gasteiger partial charge in [-0.1, -0.05) is 32.0 Å². The molecule has 0 heterocycles. The zero-order valence-electron chi connectivity index (χ0n) is 18.9. The van der Waals surface area contributed by atoms with E-state index in [2.05, 4.69) is 37.7 Å². The van der Waals surface area contributed by atoms with E-state index >= 15 is 0 Å². The number of halogens is 1. The first-order valence-electron chi connectivity index (χ1n) is 10.9. The molecular formula is C25H34FN3O2. The summed E-state index contributed by atoms with van der Waals surface area (Å²) >= 11 is 0. The lowest BCUT2D eigenvalue weighted by molar-refractivity contribution is -0.120. The van der Waals surface area contributed by atoms with Crippen molar-refractivity contribution in [2.45, 2.75) is 50.6 Å². The standard InChI is InChI=1S/C25H34FN3O2/c1-5-25(2)21-15-20(30)11-8-18(21)14-22(28(3)4)24(25)29(16-23(27)31)13-12-17-6-9-19(26)10-7-17/h6-11,15,22,24,30H,5,12-14,16H2,1-4H3,(H2,27,31)/t22-,24+,25+/m1/s1. The predicted molar refractivity (Wildman–Crippen MR) is 122 cm³/mol. The Morgan fingerprint density at radius 1 is 1.23 bits per heavy atom. The van der Waals surface area contributed by atoms with Gasteiger partial charge in [0, 0.05) is 24.0 Å². The molecular weight excluding hydrogens is 393 g/mol. The van der Waals surface area contributed by atoms with Crippen LogP contribution in [0, 0.1) is 5.82 Å². The van der Waals surface area contributed by atoms with Gasteiger partial charge in [-0.2, -0.15) is 0 Å². The number of fused-ring (bicyclic) bond motifs is 1. The summed E-state index contributed by atoms with van der Waals surface area (Å²) in [5, 5.41) is 10.2. The molecule has 2 aromatic carbocycles. The number of phenols is 1. The third-order valence-electron chi connectivity index (χ3n) is 6.91. The summed E-state index contributed by atoms with van der Waals surface area (Å²) in [6.07, 6.45) is 2.37. The molecule has 0 aliphatic heterocycles. The van der Waals surface area contributed by atoms with E-state index in [0.29, 0.717) is 13.0 Å². The highest BCUT2D eigenvalue weighted by Gasteiger charge is 2.48. The van der Waals surface area contributed by atoms with Gasteiger partial charge >= 0.3 is 0 Å². The van der Waals surface area contributed by atoms with Gasteiger partial charge in [-0.25, -0.2) is 4.39 Å². The highest BCUT2D eigenvalue weighted by atomic mass is 19.1. The molecule has 0 spiro atoms. The SMILES string of the molecule is CC[C@@]1(C)c2cc(O)ccc2C[C@@H](N(C)C)[C@@H]1N(CCc1ccc(F)cc1)CC(N)=O. The Morgan fingerprint density at radius 2 is 1.90 bits per heavy atom. The average molecular weight is 428 g/mol. The van der Waals surface area contributed by atoms with Crippen LogP contribution in [0.15, 0.2) is 42.5 Å². The van der Waals surface area contributed by atoms with Crippen LogP contribution in [0.3, 0.4) is 0 Å². The molecule has 168 valence electrons. The van der Waals surface area contributed by atoms with E-state index in [9.17, 15) is 14.3 Å². The number of carbonyl (C=O) groups is 1. The van der Waals surface area contributed by atoms with E-state index in [1.165, 1.54) is 17.7 Å². The molecule has 3 atom stereocenters. The summed E-state index contributed by atoms with van der Waals surface area (Å²) < 4.78 is 13.3. The number of benzene rings is 2. The van der Waals surface area contributed by atoms with Gasteiger partial charge in [-0.3, -0.25) is 9.69 Å². The quantitative estimate of drug-likeness (QED) is 0.679. The molecule has 2 aromatic rings. The minimum Gasteiger partial charge on any atom is -0.508 e. The van der Waals surface area contributed by atoms with E-state index in [-0.39, 0.29) is 41.5 Å². The summed E-state index contributed by atoms with van der Waals surface area (Å²) in [5.74, 6) is -0.363. The lowest BCUT2D eigenvalue weighted by Gasteiger charge is -2.53. The van der Waals surface area contributed by atoms with Crippen molar-refractivity contribution in [3.8, 4) is 5.75 Å². The normalized spacial score (nSPS) is 23.2. The van der Waals surface area contributed by atoms with Crippen molar-refractivity contribution in [3.63, 3.8) is 0 Å². The van der Waals surface area contributed by atoms with Crippen LogP contribution in [0.25, 0.3) is 0 Å². The number of hydrogen-bond donors (Lipinski definition) is 2. The predicted octanol–water partition coefficient (Wildman–Crippen LogP) is 3.08. The Kier molecular flexibility index (Phi) is 7.02. The fourth-order valence-corrected chi connectivity index (χ4v) is 5.15. The Morgan fingerprint density at radius 3 is 2.48 bits per heavy atom. The highest BCUT2D eigenvalue weighted by Crippen LogP contribution is 2.44. The fraction of sp³-hybridized carbons (Fsp3) is 0.480. The zero-order chi connectivity index (χ0) is 22.8. The van der Waals surface area contributed by atoms with Crippen LogP contribution < -0.4 is 5.73 Å². The molecule has 0 saturated carbocycles. The largest absolute Gasteiger partial charge is 0.508 e. The van der Waals surface area contributed by atoms with Crippen molar-refractivity contribution in [2.75, 3.05) is 27.2 Å². The van der Waals surface area contributed by atoms with Crippen molar-refractivity contribution in [1.29, 1.82) is 0 Å². The maximum atomic E-state index is 13.3. The Hall–Kier alpha value is -2.44. The molecule has 1 aliphatic carbocycles. The van der Waals surface area contributed by atoms with Crippen LogP contribution in [0.4, 0.5) is 4.39 Å². The van der Waals surface area contributed by atoms with Gasteiger partial charge in [-0.05, 0) is 74.3 Å². The zero-order valence-corrected chi connectivity index (χ0v) is 18.9. The fourth-order valence-electron chi connectivity index (χ4n) is 5.15. The van der Waals surface area contributed by atoms with E-state index in [0.717, 1.165) is 24.0 Å². The number of nitrogens with zero attached hydrogens (tertiary/aromatic N) is 2. The molecule has 0 radical (unpaired) electrons. The number of nitrogens with two attached hydrogens (primary N) is 1. The van der Waals surface area contributed by atoms with Crippen molar-refractivity contribution >= 4 is 5.91 Å². The Bertz CT molecular complexity index is 915. The van der Waals surface area contributed by atoms with Crippen LogP contribution in [-0.2, 0) is 23.1 Å². The highest BCUT2D eigenvalue weighted by molar-refractivity contribution is 5.76. The van der Waals surface area contributed by atoms with Crippen molar-refractivity contribution in [1.82, 2.24) is 9.80 Å². The van der Waals surface area contributed by atoms with E-state index in [1.54, 1.807) is 18.2 Å². The lowest BCUT2D eigenvalue weighted by atomic mass is 9.63. The van der Waals surface area contributed by atoms with Gasteiger partial charge in [0.15, 0.2) is 0 Å². The third-order valence-corrected chi connectivity index (χ3v) is 6.91. The molecule has 0 saturated heterocycles. The Labute approximate surface area is 184 Å². The second kappa shape index (κ2) is 9.37. The summed E-state index contributed by atoms with van der Waals surface area (Å²) in [6, 6.07) is 12.3. The first-order chi connectivity index (χ1) is 14.7. The van der Waals surface area contributed by atoms with Gasteiger partial charge in [0.1, 0.15) is 11.6 Å². The third kappa shape index (κ3) is 4.91. The minimum atomic E-state index is -0.364. The lowest BCUT2D eigenvalue weighted by Crippen LogP contribution is -2.63. The molecule has 0 aromatic heterocycles. The maximum absolute atomic E-state index is 13.3. The van der Waals surface area contributed by atoms with Crippen LogP contribution in [-0.4, -0.2) is 60.1 Å². The molecule has 0 fully saturated rings. The maximum Gasteiger partial charge on any atom is 0.231 e. The molecule has 3 N–H and O–H groups in total. The van der Waals surface area contributed by atoms with Gasteiger partial charge in [0.25, 0.3) is 0 Å². The van der Waals surface area contributed by atoms with Gasteiger partial charge in [0.2, 0.25) is 5.91 Å². The van der Waals surface area contributed by atoms with E-state index < -0.39 is 0 Å². The number of hydrogen-bond acceptors (Lipinski definition) is 4. The van der Waals surface area contributed by atoms with Crippen LogP contribution in [0.2, 0.25) is 0 Å². The summed E-state index contributed by atoms with van der Waals surface area (Å²) in [5.41, 5.74) is 8.78. The molecule has 1 aliphatic rings. The molecule has 6 heteroatoms. The number of amides is 1. The second-order valence-electron chi connectivity index (χ2n) is 9.11. The minimum absolute atomic E-state index is 0.0229. The average Bonchev–Trinajstić information content (AvgIpc) is 2.72. The van der Waals surface area contributed by atoms with Gasteiger partial charge in [-0.15, -0.1) is 0 Å². The molecule has 0 unspecified atom stereocenters. The summed E-state index contributed by atoms with van der Waals surface area (Å²) in [6.45, 7) is 5.16. The molecule has 5 nitrogen and oxygen atoms in total. The first-order valence-corrected chi connectivity index (χ1v) is 10.9. The molecule has 3 rings (SSSR count). The number of likely N-dealkylation sites (N-methyl/N-ethyl adjacent to an activating group) is 1. The molecule has 31 heavy (non-hydrogen) atoms. The van der Waals surface area contributed by atoms with Crippen molar-refractivity contribution < 1.29 is 14.3 Å². The first kappa shape index (κ1) is 23.2. The number of carbonyl (C=O) groups excluding carboxylic acids is 1. The number of primary amides is 1. The summed E-state index contributed by atoms with van der Waals surface area (Å²) in [4.78, 5) is 16.5. The molecule has 0 bridgehead atoms. The van der Waals surface area contributed by atoms with Crippen molar-refractivity contribution in [3.05, 3.63) is 65.0 Å². The van der Waals surface area contributed by atoms with Gasteiger partial charge in [0.05, 0.1) is 6.54 Å². The van der Waals surface area contributed by atoms with Gasteiger partial charge < -0.3 is 15.7 Å². The van der Waals surface area contributed by atoms with E-state index in [4.69, 9.17) is 5.73 Å². The Balaban J connectivity index is 2.02. The number of phenolic OH excluding ortho intramolecular Hbond substituents is 1. The smallest absolute Gasteiger partial charge is 0.231 e.